The minimum atomic E-state index is -0.890. The summed E-state index contributed by atoms with van der Waals surface area (Å²) in [7, 11) is 0. The highest BCUT2D eigenvalue weighted by Crippen LogP contribution is 2.29. The number of nitrogens with zero attached hydrogens (tertiary/aromatic N) is 3. The van der Waals surface area contributed by atoms with Crippen molar-refractivity contribution in [1.29, 1.82) is 0 Å². The lowest BCUT2D eigenvalue weighted by molar-refractivity contribution is -0.133. The summed E-state index contributed by atoms with van der Waals surface area (Å²) in [6, 6.07) is 5.63. The predicted octanol–water partition coefficient (Wildman–Crippen LogP) is 2.97. The summed E-state index contributed by atoms with van der Waals surface area (Å²) in [5.74, 6) is -0.196. The summed E-state index contributed by atoms with van der Waals surface area (Å²) < 4.78 is 1.84. The molecule has 0 atom stereocenters. The monoisotopic (exact) mass is 311 g/mol. The van der Waals surface area contributed by atoms with Crippen molar-refractivity contribution in [2.24, 2.45) is 0 Å². The van der Waals surface area contributed by atoms with Crippen LogP contribution in [0.3, 0.4) is 0 Å². The number of carboxylic acids is 1. The van der Waals surface area contributed by atoms with Crippen molar-refractivity contribution in [2.75, 3.05) is 5.75 Å². The van der Waals surface area contributed by atoms with Crippen LogP contribution in [0.1, 0.15) is 18.3 Å². The Morgan fingerprint density at radius 2 is 2.20 bits per heavy atom. The molecule has 1 N–H and O–H groups in total. The Morgan fingerprint density at radius 1 is 1.45 bits per heavy atom. The highest BCUT2D eigenvalue weighted by Gasteiger charge is 2.17. The third-order valence-electron chi connectivity index (χ3n) is 2.75. The molecule has 1 heterocycles. The average molecular weight is 312 g/mol. The first kappa shape index (κ1) is 14.9. The number of hydrogen-bond donors (Lipinski definition) is 1. The van der Waals surface area contributed by atoms with E-state index in [1.165, 1.54) is 0 Å². The minimum Gasteiger partial charge on any atom is -0.481 e. The van der Waals surface area contributed by atoms with E-state index in [0.717, 1.165) is 28.8 Å². The quantitative estimate of drug-likeness (QED) is 0.860. The van der Waals surface area contributed by atoms with Crippen molar-refractivity contribution in [3.8, 4) is 5.69 Å². The van der Waals surface area contributed by atoms with Gasteiger partial charge in [0, 0.05) is 6.42 Å². The number of aryl methyl sites for hydroxylation is 2. The molecule has 2 rings (SSSR count). The molecule has 0 fully saturated rings. The number of thioether (sulfide) groups is 1. The van der Waals surface area contributed by atoms with E-state index in [1.54, 1.807) is 6.07 Å². The molecule has 0 bridgehead atoms. The van der Waals surface area contributed by atoms with Gasteiger partial charge in [-0.25, -0.2) is 0 Å². The molecule has 0 spiro atoms. The third-order valence-corrected chi connectivity index (χ3v) is 3.97. The van der Waals surface area contributed by atoms with Gasteiger partial charge >= 0.3 is 5.97 Å². The standard InChI is InChI=1S/C13H14ClN3O2S/c1-3-10-15-16-13(20-7-11(18)19)17(10)12-8(2)5-4-6-9(12)14/h4-6H,3,7H2,1-2H3,(H,18,19). The number of halogens is 1. The smallest absolute Gasteiger partial charge is 0.313 e. The molecule has 106 valence electrons. The van der Waals surface area contributed by atoms with E-state index in [0.29, 0.717) is 16.6 Å². The maximum atomic E-state index is 10.7. The highest BCUT2D eigenvalue weighted by atomic mass is 35.5. The van der Waals surface area contributed by atoms with Crippen LogP contribution in [0, 0.1) is 6.92 Å². The minimum absolute atomic E-state index is 0.0641. The van der Waals surface area contributed by atoms with Gasteiger partial charge in [0.15, 0.2) is 5.16 Å². The summed E-state index contributed by atoms with van der Waals surface area (Å²) in [4.78, 5) is 10.7. The summed E-state index contributed by atoms with van der Waals surface area (Å²) in [5.41, 5.74) is 1.80. The highest BCUT2D eigenvalue weighted by molar-refractivity contribution is 7.99. The number of carboxylic acid groups (broad SMARTS) is 1. The molecule has 20 heavy (non-hydrogen) atoms. The van der Waals surface area contributed by atoms with Crippen molar-refractivity contribution < 1.29 is 9.90 Å². The molecular formula is C13H14ClN3O2S. The molecule has 0 aliphatic rings. The molecule has 0 saturated heterocycles. The van der Waals surface area contributed by atoms with Gasteiger partial charge in [-0.1, -0.05) is 42.4 Å². The van der Waals surface area contributed by atoms with Gasteiger partial charge in [0.05, 0.1) is 16.5 Å². The first-order valence-corrected chi connectivity index (χ1v) is 7.45. The number of carbonyl (C=O) groups is 1. The SMILES string of the molecule is CCc1nnc(SCC(=O)O)n1-c1c(C)cccc1Cl. The largest absolute Gasteiger partial charge is 0.481 e. The first-order chi connectivity index (χ1) is 9.54. The van der Waals surface area contributed by atoms with E-state index in [9.17, 15) is 4.79 Å². The van der Waals surface area contributed by atoms with Crippen LogP contribution in [-0.2, 0) is 11.2 Å². The maximum absolute atomic E-state index is 10.7. The lowest BCUT2D eigenvalue weighted by atomic mass is 10.2. The number of aliphatic carboxylic acids is 1. The van der Waals surface area contributed by atoms with Crippen LogP contribution in [0.15, 0.2) is 23.4 Å². The number of benzene rings is 1. The van der Waals surface area contributed by atoms with E-state index >= 15 is 0 Å². The Hall–Kier alpha value is -1.53. The van der Waals surface area contributed by atoms with E-state index in [2.05, 4.69) is 10.2 Å². The zero-order chi connectivity index (χ0) is 14.7. The number of hydrogen-bond acceptors (Lipinski definition) is 4. The Balaban J connectivity index is 2.53. The number of rotatable bonds is 5. The average Bonchev–Trinajstić information content (AvgIpc) is 2.79. The van der Waals surface area contributed by atoms with Crippen LogP contribution in [0.25, 0.3) is 5.69 Å². The summed E-state index contributed by atoms with van der Waals surface area (Å²) in [6.07, 6.45) is 0.686. The molecule has 1 aromatic carbocycles. The van der Waals surface area contributed by atoms with Crippen molar-refractivity contribution >= 4 is 29.3 Å². The fourth-order valence-corrected chi connectivity index (χ4v) is 2.86. The van der Waals surface area contributed by atoms with E-state index in [-0.39, 0.29) is 5.75 Å². The maximum Gasteiger partial charge on any atom is 0.313 e. The van der Waals surface area contributed by atoms with Gasteiger partial charge in [-0.15, -0.1) is 10.2 Å². The molecule has 5 nitrogen and oxygen atoms in total. The Morgan fingerprint density at radius 3 is 2.80 bits per heavy atom. The van der Waals surface area contributed by atoms with Crippen LogP contribution < -0.4 is 0 Å². The van der Waals surface area contributed by atoms with Crippen LogP contribution in [0.2, 0.25) is 5.02 Å². The van der Waals surface area contributed by atoms with Crippen molar-refractivity contribution in [3.05, 3.63) is 34.6 Å². The third kappa shape index (κ3) is 2.96. The van der Waals surface area contributed by atoms with Gasteiger partial charge in [-0.3, -0.25) is 9.36 Å². The molecule has 0 radical (unpaired) electrons. The summed E-state index contributed by atoms with van der Waals surface area (Å²) in [6.45, 7) is 3.92. The van der Waals surface area contributed by atoms with Crippen LogP contribution >= 0.6 is 23.4 Å². The molecule has 0 unspecified atom stereocenters. The molecule has 0 aliphatic carbocycles. The van der Waals surface area contributed by atoms with Crippen molar-refractivity contribution in [2.45, 2.75) is 25.4 Å². The Kier molecular flexibility index (Phi) is 4.67. The lowest BCUT2D eigenvalue weighted by Crippen LogP contribution is -2.06. The Bertz CT molecular complexity index is 622. The molecule has 2 aromatic rings. The molecule has 0 amide bonds. The second kappa shape index (κ2) is 6.28. The number of aromatic nitrogens is 3. The van der Waals surface area contributed by atoms with Crippen LogP contribution in [0.4, 0.5) is 0 Å². The fraction of sp³-hybridized carbons (Fsp3) is 0.308. The normalized spacial score (nSPS) is 10.8. The van der Waals surface area contributed by atoms with E-state index in [4.69, 9.17) is 16.7 Å². The van der Waals surface area contributed by atoms with E-state index in [1.807, 2.05) is 30.5 Å². The van der Waals surface area contributed by atoms with Crippen molar-refractivity contribution in [3.63, 3.8) is 0 Å². The summed E-state index contributed by atoms with van der Waals surface area (Å²) in [5, 5.41) is 18.1. The second-order valence-corrected chi connectivity index (χ2v) is 5.53. The van der Waals surface area contributed by atoms with Gasteiger partial charge in [-0.05, 0) is 18.6 Å². The zero-order valence-corrected chi connectivity index (χ0v) is 12.7. The first-order valence-electron chi connectivity index (χ1n) is 6.09. The zero-order valence-electron chi connectivity index (χ0n) is 11.1. The summed E-state index contributed by atoms with van der Waals surface area (Å²) >= 11 is 7.42. The molecule has 0 saturated carbocycles. The second-order valence-electron chi connectivity index (χ2n) is 4.18. The lowest BCUT2D eigenvalue weighted by Gasteiger charge is -2.13. The van der Waals surface area contributed by atoms with Gasteiger partial charge in [0.2, 0.25) is 0 Å². The van der Waals surface area contributed by atoms with Gasteiger partial charge in [0.25, 0.3) is 0 Å². The fourth-order valence-electron chi connectivity index (χ4n) is 1.88. The Labute approximate surface area is 126 Å². The molecular weight excluding hydrogens is 298 g/mol. The number of para-hydroxylation sites is 1. The van der Waals surface area contributed by atoms with Crippen LogP contribution in [0.5, 0.6) is 0 Å². The van der Waals surface area contributed by atoms with Gasteiger partial charge < -0.3 is 5.11 Å². The molecule has 0 aliphatic heterocycles. The van der Waals surface area contributed by atoms with E-state index < -0.39 is 5.97 Å². The van der Waals surface area contributed by atoms with Crippen LogP contribution in [-0.4, -0.2) is 31.6 Å². The topological polar surface area (TPSA) is 68.0 Å². The van der Waals surface area contributed by atoms with Crippen molar-refractivity contribution in [1.82, 2.24) is 14.8 Å². The van der Waals surface area contributed by atoms with Gasteiger partial charge in [0.1, 0.15) is 5.82 Å². The predicted molar refractivity (Wildman–Crippen MR) is 78.8 cm³/mol. The van der Waals surface area contributed by atoms with Gasteiger partial charge in [-0.2, -0.15) is 0 Å². The molecule has 1 aromatic heterocycles. The molecule has 7 heteroatoms.